The average molecular weight is 310 g/mol. The zero-order valence-corrected chi connectivity index (χ0v) is 13.4. The van der Waals surface area contributed by atoms with Gasteiger partial charge in [0, 0.05) is 19.8 Å². The number of likely N-dealkylation sites (tertiary alicyclic amines) is 1. The van der Waals surface area contributed by atoms with Crippen LogP contribution in [-0.4, -0.2) is 34.4 Å². The van der Waals surface area contributed by atoms with E-state index in [1.54, 1.807) is 13.2 Å². The number of carbonyl (C=O) groups is 1. The molecule has 5 nitrogen and oxygen atoms in total. The predicted octanol–water partition coefficient (Wildman–Crippen LogP) is 2.81. The van der Waals surface area contributed by atoms with Crippen LogP contribution in [0.1, 0.15) is 36.6 Å². The fourth-order valence-corrected chi connectivity index (χ4v) is 3.09. The molecule has 1 fully saturated rings. The average Bonchev–Trinajstić information content (AvgIpc) is 2.62. The zero-order chi connectivity index (χ0) is 16.1. The van der Waals surface area contributed by atoms with Gasteiger partial charge in [-0.25, -0.2) is 9.97 Å². The van der Waals surface area contributed by atoms with Crippen LogP contribution in [0.15, 0.2) is 42.6 Å². The highest BCUT2D eigenvalue weighted by Gasteiger charge is 2.29. The van der Waals surface area contributed by atoms with Crippen molar-refractivity contribution in [2.45, 2.75) is 31.7 Å². The minimum Gasteiger partial charge on any atom is -0.357 e. The Bertz CT molecular complexity index is 659. The Kier molecular flexibility index (Phi) is 4.86. The lowest BCUT2D eigenvalue weighted by atomic mass is 9.98. The van der Waals surface area contributed by atoms with E-state index in [9.17, 15) is 4.79 Å². The molecule has 1 N–H and O–H groups in total. The number of anilines is 1. The summed E-state index contributed by atoms with van der Waals surface area (Å²) < 4.78 is 0. The SMILES string of the molecule is CNc1nccc([C@H]2CCCCN2C(=O)Cc2ccccc2)n1. The predicted molar refractivity (Wildman–Crippen MR) is 90.0 cm³/mol. The van der Waals surface area contributed by atoms with Gasteiger partial charge in [-0.05, 0) is 30.9 Å². The van der Waals surface area contributed by atoms with Gasteiger partial charge in [0.15, 0.2) is 0 Å². The molecule has 1 saturated heterocycles. The lowest BCUT2D eigenvalue weighted by Gasteiger charge is -2.35. The summed E-state index contributed by atoms with van der Waals surface area (Å²) in [5.74, 6) is 0.772. The third-order valence-corrected chi connectivity index (χ3v) is 4.26. The van der Waals surface area contributed by atoms with Gasteiger partial charge in [0.1, 0.15) is 0 Å². The molecule has 5 heteroatoms. The molecule has 1 aliphatic heterocycles. The van der Waals surface area contributed by atoms with Crippen molar-refractivity contribution in [2.24, 2.45) is 0 Å². The largest absolute Gasteiger partial charge is 0.357 e. The second kappa shape index (κ2) is 7.22. The van der Waals surface area contributed by atoms with Crippen LogP contribution in [0.3, 0.4) is 0 Å². The summed E-state index contributed by atoms with van der Waals surface area (Å²) in [5.41, 5.74) is 1.98. The van der Waals surface area contributed by atoms with E-state index in [4.69, 9.17) is 0 Å². The first-order valence-electron chi connectivity index (χ1n) is 8.12. The summed E-state index contributed by atoms with van der Waals surface area (Å²) in [4.78, 5) is 23.5. The first-order chi connectivity index (χ1) is 11.3. The molecular formula is C18H22N4O. The van der Waals surface area contributed by atoms with E-state index in [2.05, 4.69) is 15.3 Å². The fraction of sp³-hybridized carbons (Fsp3) is 0.389. The molecule has 0 aliphatic carbocycles. The van der Waals surface area contributed by atoms with Gasteiger partial charge in [-0.1, -0.05) is 30.3 Å². The summed E-state index contributed by atoms with van der Waals surface area (Å²) >= 11 is 0. The molecule has 0 spiro atoms. The molecular weight excluding hydrogens is 288 g/mol. The quantitative estimate of drug-likeness (QED) is 0.943. The van der Waals surface area contributed by atoms with E-state index in [1.165, 1.54) is 0 Å². The number of hydrogen-bond donors (Lipinski definition) is 1. The van der Waals surface area contributed by atoms with Gasteiger partial charge < -0.3 is 10.2 Å². The van der Waals surface area contributed by atoms with Crippen LogP contribution in [0.4, 0.5) is 5.95 Å². The van der Waals surface area contributed by atoms with Crippen LogP contribution < -0.4 is 5.32 Å². The number of rotatable bonds is 4. The highest BCUT2D eigenvalue weighted by atomic mass is 16.2. The summed E-state index contributed by atoms with van der Waals surface area (Å²) in [6.07, 6.45) is 5.34. The van der Waals surface area contributed by atoms with Crippen LogP contribution in [0.2, 0.25) is 0 Å². The fourth-order valence-electron chi connectivity index (χ4n) is 3.09. The Hall–Kier alpha value is -2.43. The highest BCUT2D eigenvalue weighted by molar-refractivity contribution is 5.79. The number of hydrogen-bond acceptors (Lipinski definition) is 4. The maximum Gasteiger partial charge on any atom is 0.227 e. The van der Waals surface area contributed by atoms with Gasteiger partial charge in [0.2, 0.25) is 11.9 Å². The zero-order valence-electron chi connectivity index (χ0n) is 13.4. The molecule has 2 aromatic rings. The second-order valence-electron chi connectivity index (χ2n) is 5.82. The molecule has 1 atom stereocenters. The van der Waals surface area contributed by atoms with E-state index < -0.39 is 0 Å². The number of benzene rings is 1. The number of carbonyl (C=O) groups excluding carboxylic acids is 1. The molecule has 1 aromatic heterocycles. The summed E-state index contributed by atoms with van der Waals surface area (Å²) in [5, 5.41) is 2.96. The van der Waals surface area contributed by atoms with Crippen LogP contribution in [0.5, 0.6) is 0 Å². The van der Waals surface area contributed by atoms with Crippen molar-refractivity contribution in [2.75, 3.05) is 18.9 Å². The number of aromatic nitrogens is 2. The maximum atomic E-state index is 12.8. The van der Waals surface area contributed by atoms with E-state index in [0.717, 1.165) is 37.1 Å². The van der Waals surface area contributed by atoms with Crippen LogP contribution in [0.25, 0.3) is 0 Å². The second-order valence-corrected chi connectivity index (χ2v) is 5.82. The van der Waals surface area contributed by atoms with E-state index in [-0.39, 0.29) is 11.9 Å². The molecule has 0 bridgehead atoms. The van der Waals surface area contributed by atoms with Crippen molar-refractivity contribution >= 4 is 11.9 Å². The monoisotopic (exact) mass is 310 g/mol. The lowest BCUT2D eigenvalue weighted by Crippen LogP contribution is -2.39. The van der Waals surface area contributed by atoms with Gasteiger partial charge in [-0.15, -0.1) is 0 Å². The van der Waals surface area contributed by atoms with Gasteiger partial charge in [-0.2, -0.15) is 0 Å². The molecule has 23 heavy (non-hydrogen) atoms. The van der Waals surface area contributed by atoms with Crippen molar-refractivity contribution in [3.05, 3.63) is 53.9 Å². The molecule has 0 unspecified atom stereocenters. The molecule has 2 heterocycles. The molecule has 0 saturated carbocycles. The minimum atomic E-state index is 0.0510. The third-order valence-electron chi connectivity index (χ3n) is 4.26. The van der Waals surface area contributed by atoms with Crippen molar-refractivity contribution in [3.63, 3.8) is 0 Å². The van der Waals surface area contributed by atoms with Crippen molar-refractivity contribution in [3.8, 4) is 0 Å². The van der Waals surface area contributed by atoms with Crippen LogP contribution >= 0.6 is 0 Å². The standard InChI is InChI=1S/C18H22N4O/c1-19-18-20-11-10-15(21-18)16-9-5-6-12-22(16)17(23)13-14-7-3-2-4-8-14/h2-4,7-8,10-11,16H,5-6,9,12-13H2,1H3,(H,19,20,21)/t16-/m1/s1. The molecule has 1 aromatic carbocycles. The Labute approximate surface area is 136 Å². The molecule has 3 rings (SSSR count). The van der Waals surface area contributed by atoms with Crippen LogP contribution in [-0.2, 0) is 11.2 Å². The Morgan fingerprint density at radius 3 is 2.87 bits per heavy atom. The normalized spacial score (nSPS) is 17.8. The van der Waals surface area contributed by atoms with Crippen molar-refractivity contribution in [1.29, 1.82) is 0 Å². The van der Waals surface area contributed by atoms with Gasteiger partial charge in [0.05, 0.1) is 18.2 Å². The van der Waals surface area contributed by atoms with Gasteiger partial charge in [-0.3, -0.25) is 4.79 Å². The summed E-state index contributed by atoms with van der Waals surface area (Å²) in [6, 6.07) is 11.9. The van der Waals surface area contributed by atoms with Crippen molar-refractivity contribution < 1.29 is 4.79 Å². The smallest absolute Gasteiger partial charge is 0.227 e. The van der Waals surface area contributed by atoms with E-state index in [1.807, 2.05) is 41.3 Å². The molecule has 0 radical (unpaired) electrons. The number of nitrogens with one attached hydrogen (secondary N) is 1. The van der Waals surface area contributed by atoms with Crippen LogP contribution in [0, 0.1) is 0 Å². The minimum absolute atomic E-state index is 0.0510. The summed E-state index contributed by atoms with van der Waals surface area (Å²) in [7, 11) is 1.80. The maximum absolute atomic E-state index is 12.8. The number of piperidine rings is 1. The first kappa shape index (κ1) is 15.5. The molecule has 120 valence electrons. The Balaban J connectivity index is 1.79. The molecule has 1 aliphatic rings. The van der Waals surface area contributed by atoms with E-state index >= 15 is 0 Å². The number of amides is 1. The van der Waals surface area contributed by atoms with Crippen molar-refractivity contribution in [1.82, 2.24) is 14.9 Å². The lowest BCUT2D eigenvalue weighted by molar-refractivity contribution is -0.134. The van der Waals surface area contributed by atoms with Gasteiger partial charge in [0.25, 0.3) is 0 Å². The highest BCUT2D eigenvalue weighted by Crippen LogP contribution is 2.30. The number of nitrogens with zero attached hydrogens (tertiary/aromatic N) is 3. The summed E-state index contributed by atoms with van der Waals surface area (Å²) in [6.45, 7) is 0.801. The Morgan fingerprint density at radius 2 is 2.09 bits per heavy atom. The third kappa shape index (κ3) is 3.67. The van der Waals surface area contributed by atoms with E-state index in [0.29, 0.717) is 12.4 Å². The topological polar surface area (TPSA) is 58.1 Å². The Morgan fingerprint density at radius 1 is 1.26 bits per heavy atom. The molecule has 1 amide bonds. The first-order valence-corrected chi connectivity index (χ1v) is 8.12. The van der Waals surface area contributed by atoms with Gasteiger partial charge >= 0.3 is 0 Å².